The van der Waals surface area contributed by atoms with Gasteiger partial charge in [-0.2, -0.15) is 0 Å². The molecule has 0 unspecified atom stereocenters. The standard InChI is InChI=1S/C26H30BrNO2/c27-25-9-3-7-23-22(21-6-2-1-5-20(21)11-12-24(23)25)8-4-16-28-17-14-19(15-18-28)10-13-26(29)30/h1-3,5-9,19H,4,10-18H2,(H,29,30). The number of rotatable bonds is 6. The summed E-state index contributed by atoms with van der Waals surface area (Å²) in [6.07, 6.45) is 9.01. The Kier molecular flexibility index (Phi) is 7.06. The van der Waals surface area contributed by atoms with Crippen LogP contribution in [0.3, 0.4) is 0 Å². The van der Waals surface area contributed by atoms with Crippen molar-refractivity contribution in [3.8, 4) is 0 Å². The van der Waals surface area contributed by atoms with Crippen molar-refractivity contribution >= 4 is 27.5 Å². The summed E-state index contributed by atoms with van der Waals surface area (Å²) in [5, 5.41) is 8.89. The lowest BCUT2D eigenvalue weighted by Gasteiger charge is -2.31. The van der Waals surface area contributed by atoms with Gasteiger partial charge in [0.25, 0.3) is 0 Å². The molecule has 1 aliphatic heterocycles. The van der Waals surface area contributed by atoms with Gasteiger partial charge in [-0.1, -0.05) is 58.4 Å². The third-order valence-electron chi connectivity index (χ3n) is 6.63. The average Bonchev–Trinajstić information content (AvgIpc) is 2.91. The highest BCUT2D eigenvalue weighted by molar-refractivity contribution is 9.10. The number of nitrogens with zero attached hydrogens (tertiary/aromatic N) is 1. The van der Waals surface area contributed by atoms with Crippen molar-refractivity contribution in [2.24, 2.45) is 5.92 Å². The number of halogens is 1. The molecule has 0 radical (unpaired) electrons. The lowest BCUT2D eigenvalue weighted by Crippen LogP contribution is -2.34. The number of carboxylic acid groups (broad SMARTS) is 1. The Morgan fingerprint density at radius 1 is 1.07 bits per heavy atom. The summed E-state index contributed by atoms with van der Waals surface area (Å²) in [5.74, 6) is -0.0895. The van der Waals surface area contributed by atoms with Crippen molar-refractivity contribution in [2.45, 2.75) is 44.9 Å². The maximum Gasteiger partial charge on any atom is 0.303 e. The van der Waals surface area contributed by atoms with Gasteiger partial charge in [-0.25, -0.2) is 0 Å². The minimum Gasteiger partial charge on any atom is -0.481 e. The quantitative estimate of drug-likeness (QED) is 0.570. The van der Waals surface area contributed by atoms with Crippen molar-refractivity contribution < 1.29 is 9.90 Å². The van der Waals surface area contributed by atoms with Crippen molar-refractivity contribution in [3.05, 3.63) is 75.3 Å². The van der Waals surface area contributed by atoms with Crippen molar-refractivity contribution in [2.75, 3.05) is 19.6 Å². The van der Waals surface area contributed by atoms with Gasteiger partial charge < -0.3 is 10.0 Å². The van der Waals surface area contributed by atoms with Gasteiger partial charge in [0.1, 0.15) is 0 Å². The summed E-state index contributed by atoms with van der Waals surface area (Å²) in [5.41, 5.74) is 6.96. The first-order chi connectivity index (χ1) is 14.6. The van der Waals surface area contributed by atoms with E-state index < -0.39 is 5.97 Å². The highest BCUT2D eigenvalue weighted by atomic mass is 79.9. The first-order valence-electron chi connectivity index (χ1n) is 11.1. The molecule has 0 bridgehead atoms. The van der Waals surface area contributed by atoms with Gasteiger partial charge in [0.15, 0.2) is 0 Å². The molecular formula is C26H30BrNO2. The Morgan fingerprint density at radius 2 is 1.83 bits per heavy atom. The zero-order valence-electron chi connectivity index (χ0n) is 17.4. The Labute approximate surface area is 187 Å². The molecule has 0 atom stereocenters. The molecule has 0 amide bonds. The maximum absolute atomic E-state index is 10.8. The highest BCUT2D eigenvalue weighted by Crippen LogP contribution is 2.36. The molecular weight excluding hydrogens is 438 g/mol. The van der Waals surface area contributed by atoms with E-state index in [0.717, 1.165) is 58.2 Å². The molecule has 1 aliphatic carbocycles. The summed E-state index contributed by atoms with van der Waals surface area (Å²) in [6, 6.07) is 15.4. The van der Waals surface area contributed by atoms with E-state index >= 15 is 0 Å². The number of aryl methyl sites for hydroxylation is 1. The Hall–Kier alpha value is -1.91. The van der Waals surface area contributed by atoms with Crippen LogP contribution in [0.15, 0.2) is 53.0 Å². The molecule has 0 spiro atoms. The second-order valence-electron chi connectivity index (χ2n) is 8.55. The van der Waals surface area contributed by atoms with E-state index in [-0.39, 0.29) is 0 Å². The highest BCUT2D eigenvalue weighted by Gasteiger charge is 2.21. The summed E-state index contributed by atoms with van der Waals surface area (Å²) >= 11 is 3.77. The van der Waals surface area contributed by atoms with Gasteiger partial charge in [0, 0.05) is 17.4 Å². The van der Waals surface area contributed by atoms with Crippen molar-refractivity contribution in [1.29, 1.82) is 0 Å². The fourth-order valence-corrected chi connectivity index (χ4v) is 5.47. The Balaban J connectivity index is 1.45. The van der Waals surface area contributed by atoms with Crippen LogP contribution in [0, 0.1) is 5.92 Å². The van der Waals surface area contributed by atoms with Crippen LogP contribution < -0.4 is 0 Å². The van der Waals surface area contributed by atoms with Crippen LogP contribution in [0.2, 0.25) is 0 Å². The van der Waals surface area contributed by atoms with Gasteiger partial charge in [-0.05, 0) is 91.4 Å². The van der Waals surface area contributed by atoms with E-state index in [1.807, 2.05) is 0 Å². The molecule has 1 N–H and O–H groups in total. The average molecular weight is 468 g/mol. The summed E-state index contributed by atoms with van der Waals surface area (Å²) < 4.78 is 1.21. The first kappa shape index (κ1) is 21.3. The first-order valence-corrected chi connectivity index (χ1v) is 11.9. The van der Waals surface area contributed by atoms with E-state index in [1.54, 1.807) is 0 Å². The Bertz CT molecular complexity index is 928. The van der Waals surface area contributed by atoms with Crippen LogP contribution in [-0.2, 0) is 17.6 Å². The minimum absolute atomic E-state index is 0.311. The molecule has 2 aromatic rings. The third-order valence-corrected chi connectivity index (χ3v) is 7.37. The molecule has 1 heterocycles. The number of benzene rings is 2. The molecule has 0 aromatic heterocycles. The topological polar surface area (TPSA) is 40.5 Å². The second kappa shape index (κ2) is 9.93. The number of aliphatic carboxylic acids is 1. The van der Waals surface area contributed by atoms with Gasteiger partial charge in [-0.3, -0.25) is 4.79 Å². The van der Waals surface area contributed by atoms with Crippen LogP contribution in [-0.4, -0.2) is 35.6 Å². The zero-order valence-corrected chi connectivity index (χ0v) is 19.0. The molecule has 4 heteroatoms. The lowest BCUT2D eigenvalue weighted by atomic mass is 9.91. The van der Waals surface area contributed by atoms with E-state index in [2.05, 4.69) is 69.4 Å². The largest absolute Gasteiger partial charge is 0.481 e. The predicted octanol–water partition coefficient (Wildman–Crippen LogP) is 5.95. The number of fused-ring (bicyclic) bond motifs is 2. The zero-order chi connectivity index (χ0) is 20.9. The molecule has 158 valence electrons. The van der Waals surface area contributed by atoms with E-state index in [9.17, 15) is 4.79 Å². The van der Waals surface area contributed by atoms with E-state index in [1.165, 1.54) is 32.3 Å². The molecule has 4 rings (SSSR count). The van der Waals surface area contributed by atoms with Crippen LogP contribution >= 0.6 is 15.9 Å². The van der Waals surface area contributed by atoms with Crippen LogP contribution in [0.25, 0.3) is 5.57 Å². The second-order valence-corrected chi connectivity index (χ2v) is 9.40. The normalized spacial score (nSPS) is 18.6. The summed E-state index contributed by atoms with van der Waals surface area (Å²) in [6.45, 7) is 3.25. The van der Waals surface area contributed by atoms with Crippen molar-refractivity contribution in [3.63, 3.8) is 0 Å². The van der Waals surface area contributed by atoms with Gasteiger partial charge >= 0.3 is 5.97 Å². The minimum atomic E-state index is -0.667. The SMILES string of the molecule is O=C(O)CCC1CCN(CCC=C2c3ccccc3CCc3c(Br)cccc32)CC1. The summed E-state index contributed by atoms with van der Waals surface area (Å²) in [7, 11) is 0. The van der Waals surface area contributed by atoms with Gasteiger partial charge in [0.05, 0.1) is 0 Å². The number of carbonyl (C=O) groups is 1. The van der Waals surface area contributed by atoms with E-state index in [4.69, 9.17) is 5.11 Å². The summed E-state index contributed by atoms with van der Waals surface area (Å²) in [4.78, 5) is 13.3. The lowest BCUT2D eigenvalue weighted by molar-refractivity contribution is -0.137. The molecule has 2 aliphatic rings. The third kappa shape index (κ3) is 5.04. The molecule has 2 aromatic carbocycles. The van der Waals surface area contributed by atoms with E-state index in [0.29, 0.717) is 12.3 Å². The molecule has 1 fully saturated rings. The monoisotopic (exact) mass is 467 g/mol. The molecule has 1 saturated heterocycles. The number of carboxylic acids is 1. The molecule has 3 nitrogen and oxygen atoms in total. The van der Waals surface area contributed by atoms with Crippen LogP contribution in [0.4, 0.5) is 0 Å². The number of piperidine rings is 1. The van der Waals surface area contributed by atoms with Crippen molar-refractivity contribution in [1.82, 2.24) is 4.90 Å². The number of hydrogen-bond acceptors (Lipinski definition) is 2. The molecule has 30 heavy (non-hydrogen) atoms. The predicted molar refractivity (Wildman–Crippen MR) is 126 cm³/mol. The molecule has 0 saturated carbocycles. The number of hydrogen-bond donors (Lipinski definition) is 1. The fraction of sp³-hybridized carbons (Fsp3) is 0.423. The van der Waals surface area contributed by atoms with Crippen LogP contribution in [0.5, 0.6) is 0 Å². The van der Waals surface area contributed by atoms with Gasteiger partial charge in [-0.15, -0.1) is 0 Å². The maximum atomic E-state index is 10.8. The smallest absolute Gasteiger partial charge is 0.303 e. The number of likely N-dealkylation sites (tertiary alicyclic amines) is 1. The Morgan fingerprint density at radius 3 is 2.63 bits per heavy atom. The fourth-order valence-electron chi connectivity index (χ4n) is 4.91. The van der Waals surface area contributed by atoms with Gasteiger partial charge in [0.2, 0.25) is 0 Å². The van der Waals surface area contributed by atoms with Crippen LogP contribution in [0.1, 0.15) is 54.4 Å².